The molecular weight excluding hydrogens is 244 g/mol. The van der Waals surface area contributed by atoms with E-state index in [0.29, 0.717) is 11.0 Å². The molecule has 1 atom stereocenters. The Morgan fingerprint density at radius 2 is 1.75 bits per heavy atom. The molecule has 2 aliphatic rings. The minimum atomic E-state index is 0.325. The number of hydrogen-bond acceptors (Lipinski definition) is 2. The lowest BCUT2D eigenvalue weighted by Crippen LogP contribution is -2.55. The molecule has 0 aromatic carbocycles. The Balaban J connectivity index is 2.00. The van der Waals surface area contributed by atoms with Crippen LogP contribution in [0.5, 0.6) is 0 Å². The standard InChI is InChI=1S/C18H36N2/c1-14(2)15-6-9-18(13-19,10-7-15)20-11-8-16(12-20)17(3,4)5/h14-16H,6-13,19H2,1-5H3. The van der Waals surface area contributed by atoms with Gasteiger partial charge in [0, 0.05) is 18.6 Å². The monoisotopic (exact) mass is 280 g/mol. The smallest absolute Gasteiger partial charge is 0.0332 e. The zero-order valence-electron chi connectivity index (χ0n) is 14.4. The average Bonchev–Trinajstić information content (AvgIpc) is 2.88. The van der Waals surface area contributed by atoms with Crippen LogP contribution in [0.15, 0.2) is 0 Å². The Labute approximate surface area is 126 Å². The van der Waals surface area contributed by atoms with Gasteiger partial charge in [-0.2, -0.15) is 0 Å². The highest BCUT2D eigenvalue weighted by Crippen LogP contribution is 2.43. The maximum absolute atomic E-state index is 6.25. The molecular formula is C18H36N2. The molecule has 1 unspecified atom stereocenters. The fraction of sp³-hybridized carbons (Fsp3) is 1.00. The van der Waals surface area contributed by atoms with Gasteiger partial charge < -0.3 is 5.73 Å². The van der Waals surface area contributed by atoms with Crippen molar-refractivity contribution in [3.05, 3.63) is 0 Å². The largest absolute Gasteiger partial charge is 0.329 e. The minimum Gasteiger partial charge on any atom is -0.329 e. The quantitative estimate of drug-likeness (QED) is 0.849. The van der Waals surface area contributed by atoms with E-state index in [-0.39, 0.29) is 0 Å². The Kier molecular flexibility index (Phi) is 4.86. The SMILES string of the molecule is CC(C)C1CCC(CN)(N2CCC(C(C)(C)C)C2)CC1. The van der Waals surface area contributed by atoms with Crippen molar-refractivity contribution in [3.63, 3.8) is 0 Å². The minimum absolute atomic E-state index is 0.325. The predicted octanol–water partition coefficient (Wildman–Crippen LogP) is 3.90. The molecule has 2 heteroatoms. The summed E-state index contributed by atoms with van der Waals surface area (Å²) in [5, 5.41) is 0. The molecule has 118 valence electrons. The third-order valence-electron chi connectivity index (χ3n) is 6.37. The summed E-state index contributed by atoms with van der Waals surface area (Å²) in [6.45, 7) is 15.3. The summed E-state index contributed by atoms with van der Waals surface area (Å²) in [7, 11) is 0. The van der Waals surface area contributed by atoms with Crippen molar-refractivity contribution in [3.8, 4) is 0 Å². The highest BCUT2D eigenvalue weighted by Gasteiger charge is 2.44. The fourth-order valence-electron chi connectivity index (χ4n) is 4.39. The Morgan fingerprint density at radius 3 is 2.15 bits per heavy atom. The van der Waals surface area contributed by atoms with E-state index in [9.17, 15) is 0 Å². The van der Waals surface area contributed by atoms with E-state index in [0.717, 1.165) is 24.3 Å². The maximum atomic E-state index is 6.25. The second-order valence-corrected chi connectivity index (χ2v) is 8.81. The van der Waals surface area contributed by atoms with Crippen LogP contribution in [-0.4, -0.2) is 30.1 Å². The van der Waals surface area contributed by atoms with Crippen LogP contribution in [0.3, 0.4) is 0 Å². The van der Waals surface area contributed by atoms with E-state index in [1.54, 1.807) is 0 Å². The molecule has 1 aliphatic carbocycles. The average molecular weight is 281 g/mol. The first-order valence-corrected chi connectivity index (χ1v) is 8.73. The van der Waals surface area contributed by atoms with E-state index in [4.69, 9.17) is 5.73 Å². The van der Waals surface area contributed by atoms with Crippen molar-refractivity contribution in [2.75, 3.05) is 19.6 Å². The van der Waals surface area contributed by atoms with E-state index < -0.39 is 0 Å². The van der Waals surface area contributed by atoms with Crippen LogP contribution in [0.4, 0.5) is 0 Å². The van der Waals surface area contributed by atoms with Gasteiger partial charge in [0.1, 0.15) is 0 Å². The summed E-state index contributed by atoms with van der Waals surface area (Å²) >= 11 is 0. The lowest BCUT2D eigenvalue weighted by atomic mass is 9.72. The van der Waals surface area contributed by atoms with Gasteiger partial charge in [0.2, 0.25) is 0 Å². The normalized spacial score (nSPS) is 36.8. The zero-order chi connectivity index (χ0) is 15.0. The molecule has 1 saturated heterocycles. The summed E-state index contributed by atoms with van der Waals surface area (Å²) in [6.07, 6.45) is 6.77. The highest BCUT2D eigenvalue weighted by molar-refractivity contribution is 5.00. The number of hydrogen-bond donors (Lipinski definition) is 1. The topological polar surface area (TPSA) is 29.3 Å². The molecule has 0 bridgehead atoms. The van der Waals surface area contributed by atoms with Gasteiger partial charge in [0.25, 0.3) is 0 Å². The van der Waals surface area contributed by atoms with Crippen LogP contribution in [-0.2, 0) is 0 Å². The van der Waals surface area contributed by atoms with Crippen LogP contribution in [0.2, 0.25) is 0 Å². The summed E-state index contributed by atoms with van der Waals surface area (Å²) in [5.74, 6) is 2.61. The molecule has 2 fully saturated rings. The first kappa shape index (κ1) is 16.3. The van der Waals surface area contributed by atoms with E-state index in [1.807, 2.05) is 0 Å². The third kappa shape index (κ3) is 3.22. The van der Waals surface area contributed by atoms with Crippen molar-refractivity contribution >= 4 is 0 Å². The summed E-state index contributed by atoms with van der Waals surface area (Å²) < 4.78 is 0. The molecule has 0 amide bonds. The maximum Gasteiger partial charge on any atom is 0.0332 e. The van der Waals surface area contributed by atoms with Crippen molar-refractivity contribution in [1.82, 2.24) is 4.90 Å². The number of likely N-dealkylation sites (tertiary alicyclic amines) is 1. The number of nitrogens with zero attached hydrogens (tertiary/aromatic N) is 1. The molecule has 2 rings (SSSR count). The first-order valence-electron chi connectivity index (χ1n) is 8.73. The fourth-order valence-corrected chi connectivity index (χ4v) is 4.39. The van der Waals surface area contributed by atoms with Crippen molar-refractivity contribution in [2.45, 2.75) is 72.3 Å². The van der Waals surface area contributed by atoms with Gasteiger partial charge in [-0.3, -0.25) is 4.90 Å². The molecule has 0 aromatic heterocycles. The van der Waals surface area contributed by atoms with Gasteiger partial charge in [0.05, 0.1) is 0 Å². The molecule has 2 nitrogen and oxygen atoms in total. The summed E-state index contributed by atoms with van der Waals surface area (Å²) in [6, 6.07) is 0. The van der Waals surface area contributed by atoms with E-state index in [2.05, 4.69) is 39.5 Å². The van der Waals surface area contributed by atoms with Crippen LogP contribution < -0.4 is 5.73 Å². The number of nitrogens with two attached hydrogens (primary N) is 1. The number of rotatable bonds is 3. The molecule has 0 radical (unpaired) electrons. The van der Waals surface area contributed by atoms with E-state index in [1.165, 1.54) is 45.2 Å². The zero-order valence-corrected chi connectivity index (χ0v) is 14.4. The molecule has 1 saturated carbocycles. The van der Waals surface area contributed by atoms with Crippen molar-refractivity contribution in [2.24, 2.45) is 28.9 Å². The molecule has 0 aromatic rings. The third-order valence-corrected chi connectivity index (χ3v) is 6.37. The molecule has 2 N–H and O–H groups in total. The van der Waals surface area contributed by atoms with E-state index >= 15 is 0 Å². The lowest BCUT2D eigenvalue weighted by molar-refractivity contribution is 0.0458. The lowest BCUT2D eigenvalue weighted by Gasteiger charge is -2.47. The van der Waals surface area contributed by atoms with Gasteiger partial charge in [0.15, 0.2) is 0 Å². The molecule has 20 heavy (non-hydrogen) atoms. The Morgan fingerprint density at radius 1 is 1.15 bits per heavy atom. The molecule has 1 heterocycles. The van der Waals surface area contributed by atoms with Gasteiger partial charge in [-0.15, -0.1) is 0 Å². The highest BCUT2D eigenvalue weighted by atomic mass is 15.2. The first-order chi connectivity index (χ1) is 9.28. The van der Waals surface area contributed by atoms with Crippen molar-refractivity contribution in [1.29, 1.82) is 0 Å². The van der Waals surface area contributed by atoms with Gasteiger partial charge in [-0.05, 0) is 61.8 Å². The second kappa shape index (κ2) is 5.96. The van der Waals surface area contributed by atoms with Gasteiger partial charge in [-0.1, -0.05) is 34.6 Å². The Hall–Kier alpha value is -0.0800. The summed E-state index contributed by atoms with van der Waals surface area (Å²) in [5.41, 5.74) is 7.02. The summed E-state index contributed by atoms with van der Waals surface area (Å²) in [4.78, 5) is 2.76. The Bertz CT molecular complexity index is 308. The predicted molar refractivity (Wildman–Crippen MR) is 87.7 cm³/mol. The molecule has 0 spiro atoms. The van der Waals surface area contributed by atoms with Crippen LogP contribution in [0, 0.1) is 23.2 Å². The second-order valence-electron chi connectivity index (χ2n) is 8.81. The van der Waals surface area contributed by atoms with Crippen LogP contribution in [0.25, 0.3) is 0 Å². The van der Waals surface area contributed by atoms with Gasteiger partial charge >= 0.3 is 0 Å². The van der Waals surface area contributed by atoms with Crippen LogP contribution >= 0.6 is 0 Å². The molecule has 1 aliphatic heterocycles. The van der Waals surface area contributed by atoms with Gasteiger partial charge in [-0.25, -0.2) is 0 Å². The van der Waals surface area contributed by atoms with Crippen LogP contribution in [0.1, 0.15) is 66.7 Å². The van der Waals surface area contributed by atoms with Crippen molar-refractivity contribution < 1.29 is 0 Å².